The molecule has 1 aromatic heterocycles. The maximum Gasteiger partial charge on any atom is 0.309 e. The van der Waals surface area contributed by atoms with Crippen LogP contribution in [0.2, 0.25) is 0 Å². The van der Waals surface area contributed by atoms with Crippen LogP contribution in [0.5, 0.6) is 0 Å². The van der Waals surface area contributed by atoms with Crippen molar-refractivity contribution in [2.24, 2.45) is 11.3 Å². The molecule has 0 unspecified atom stereocenters. The monoisotopic (exact) mass is 263 g/mol. The second-order valence-electron chi connectivity index (χ2n) is 5.74. The van der Waals surface area contributed by atoms with Crippen molar-refractivity contribution in [2.75, 3.05) is 23.7 Å². The summed E-state index contributed by atoms with van der Waals surface area (Å²) in [6.45, 7) is 5.32. The third-order valence-corrected chi connectivity index (χ3v) is 4.16. The highest BCUT2D eigenvalue weighted by molar-refractivity contribution is 5.74. The molecule has 0 spiro atoms. The standard InChI is InChI=1S/C14H21N3O2/c1-14(2,13(18)19)10-5-7-17(8-6-10)12-4-3-11(15)9-16-12/h3-4,9-10H,5-8,15H2,1-2H3,(H,18,19). The van der Waals surface area contributed by atoms with Gasteiger partial charge in [-0.3, -0.25) is 4.79 Å². The number of nitrogen functional groups attached to an aromatic ring is 1. The van der Waals surface area contributed by atoms with E-state index in [1.165, 1.54) is 0 Å². The molecular weight excluding hydrogens is 242 g/mol. The minimum absolute atomic E-state index is 0.218. The Kier molecular flexibility index (Phi) is 3.64. The molecule has 5 heteroatoms. The van der Waals surface area contributed by atoms with Gasteiger partial charge in [-0.2, -0.15) is 0 Å². The minimum Gasteiger partial charge on any atom is -0.481 e. The lowest BCUT2D eigenvalue weighted by molar-refractivity contribution is -0.150. The number of hydrogen-bond donors (Lipinski definition) is 2. The van der Waals surface area contributed by atoms with Gasteiger partial charge in [0.1, 0.15) is 5.82 Å². The third-order valence-electron chi connectivity index (χ3n) is 4.16. The zero-order valence-corrected chi connectivity index (χ0v) is 11.5. The van der Waals surface area contributed by atoms with Crippen LogP contribution >= 0.6 is 0 Å². The molecule has 1 aliphatic heterocycles. The fourth-order valence-electron chi connectivity index (χ4n) is 2.59. The first-order valence-electron chi connectivity index (χ1n) is 6.61. The first-order chi connectivity index (χ1) is 8.91. The molecule has 0 radical (unpaired) electrons. The van der Waals surface area contributed by atoms with Gasteiger partial charge in [0.2, 0.25) is 0 Å². The van der Waals surface area contributed by atoms with Crippen molar-refractivity contribution in [3.05, 3.63) is 18.3 Å². The molecule has 0 aliphatic carbocycles. The van der Waals surface area contributed by atoms with E-state index in [1.807, 2.05) is 26.0 Å². The first kappa shape index (κ1) is 13.6. The summed E-state index contributed by atoms with van der Waals surface area (Å²) in [5.74, 6) is 0.423. The van der Waals surface area contributed by atoms with Gasteiger partial charge in [-0.1, -0.05) is 0 Å². The van der Waals surface area contributed by atoms with E-state index in [9.17, 15) is 9.90 Å². The van der Waals surface area contributed by atoms with Gasteiger partial charge in [0.15, 0.2) is 0 Å². The number of anilines is 2. The van der Waals surface area contributed by atoms with Gasteiger partial charge in [0.25, 0.3) is 0 Å². The molecule has 104 valence electrons. The fourth-order valence-corrected chi connectivity index (χ4v) is 2.59. The van der Waals surface area contributed by atoms with E-state index < -0.39 is 11.4 Å². The SMILES string of the molecule is CC(C)(C(=O)O)C1CCN(c2ccc(N)cn2)CC1. The summed E-state index contributed by atoms with van der Waals surface area (Å²) in [5, 5.41) is 9.27. The molecule has 2 heterocycles. The summed E-state index contributed by atoms with van der Waals surface area (Å²) in [7, 11) is 0. The van der Waals surface area contributed by atoms with Gasteiger partial charge in [-0.15, -0.1) is 0 Å². The summed E-state index contributed by atoms with van der Waals surface area (Å²) in [4.78, 5) is 17.8. The van der Waals surface area contributed by atoms with Crippen molar-refractivity contribution >= 4 is 17.5 Å². The molecule has 1 aliphatic rings. The lowest BCUT2D eigenvalue weighted by Crippen LogP contribution is -2.42. The van der Waals surface area contributed by atoms with Gasteiger partial charge >= 0.3 is 5.97 Å². The molecule has 0 amide bonds. The van der Waals surface area contributed by atoms with Gasteiger partial charge in [-0.25, -0.2) is 4.98 Å². The average Bonchev–Trinajstić information content (AvgIpc) is 2.39. The molecule has 19 heavy (non-hydrogen) atoms. The van der Waals surface area contributed by atoms with Crippen LogP contribution in [0.4, 0.5) is 11.5 Å². The van der Waals surface area contributed by atoms with Crippen LogP contribution in [0.25, 0.3) is 0 Å². The Balaban J connectivity index is 1.99. The predicted molar refractivity (Wildman–Crippen MR) is 75.0 cm³/mol. The highest BCUT2D eigenvalue weighted by atomic mass is 16.4. The molecule has 0 saturated carbocycles. The molecule has 0 aromatic carbocycles. The van der Waals surface area contributed by atoms with Gasteiger partial charge in [0.05, 0.1) is 17.3 Å². The van der Waals surface area contributed by atoms with Crippen molar-refractivity contribution in [3.8, 4) is 0 Å². The number of nitrogens with zero attached hydrogens (tertiary/aromatic N) is 2. The van der Waals surface area contributed by atoms with Crippen LogP contribution in [0.1, 0.15) is 26.7 Å². The Bertz CT molecular complexity index is 448. The molecular formula is C14H21N3O2. The van der Waals surface area contributed by atoms with Crippen LogP contribution in [-0.4, -0.2) is 29.1 Å². The van der Waals surface area contributed by atoms with E-state index in [2.05, 4.69) is 9.88 Å². The zero-order valence-electron chi connectivity index (χ0n) is 11.5. The van der Waals surface area contributed by atoms with Gasteiger partial charge in [0, 0.05) is 13.1 Å². The Morgan fingerprint density at radius 1 is 1.42 bits per heavy atom. The minimum atomic E-state index is -0.712. The van der Waals surface area contributed by atoms with Crippen molar-refractivity contribution in [1.29, 1.82) is 0 Å². The highest BCUT2D eigenvalue weighted by Gasteiger charge is 2.38. The number of carboxylic acids is 1. The van der Waals surface area contributed by atoms with E-state index in [4.69, 9.17) is 5.73 Å². The summed E-state index contributed by atoms with van der Waals surface area (Å²) >= 11 is 0. The van der Waals surface area contributed by atoms with E-state index in [1.54, 1.807) is 6.20 Å². The van der Waals surface area contributed by atoms with Crippen LogP contribution < -0.4 is 10.6 Å². The first-order valence-corrected chi connectivity index (χ1v) is 6.61. The number of rotatable bonds is 3. The molecule has 0 bridgehead atoms. The second kappa shape index (κ2) is 5.07. The van der Waals surface area contributed by atoms with Crippen molar-refractivity contribution in [1.82, 2.24) is 4.98 Å². The Morgan fingerprint density at radius 3 is 2.53 bits per heavy atom. The van der Waals surface area contributed by atoms with Gasteiger partial charge < -0.3 is 15.7 Å². The zero-order chi connectivity index (χ0) is 14.0. The number of aromatic nitrogens is 1. The molecule has 1 saturated heterocycles. The highest BCUT2D eigenvalue weighted by Crippen LogP contribution is 2.36. The fraction of sp³-hybridized carbons (Fsp3) is 0.571. The van der Waals surface area contributed by atoms with E-state index in [0.29, 0.717) is 5.69 Å². The van der Waals surface area contributed by atoms with Crippen molar-refractivity contribution in [3.63, 3.8) is 0 Å². The topological polar surface area (TPSA) is 79.5 Å². The lowest BCUT2D eigenvalue weighted by Gasteiger charge is -2.38. The largest absolute Gasteiger partial charge is 0.481 e. The van der Waals surface area contributed by atoms with E-state index in [-0.39, 0.29) is 5.92 Å². The summed E-state index contributed by atoms with van der Waals surface area (Å²) in [6.07, 6.45) is 3.42. The van der Waals surface area contributed by atoms with E-state index >= 15 is 0 Å². The third kappa shape index (κ3) is 2.80. The summed E-state index contributed by atoms with van der Waals surface area (Å²) < 4.78 is 0. The summed E-state index contributed by atoms with van der Waals surface area (Å²) in [6, 6.07) is 3.76. The number of carboxylic acid groups (broad SMARTS) is 1. The average molecular weight is 263 g/mol. The molecule has 2 rings (SSSR count). The second-order valence-corrected chi connectivity index (χ2v) is 5.74. The van der Waals surface area contributed by atoms with Crippen LogP contribution in [-0.2, 0) is 4.79 Å². The Labute approximate surface area is 113 Å². The smallest absolute Gasteiger partial charge is 0.309 e. The van der Waals surface area contributed by atoms with Crippen LogP contribution in [0.3, 0.4) is 0 Å². The van der Waals surface area contributed by atoms with Crippen molar-refractivity contribution in [2.45, 2.75) is 26.7 Å². The Hall–Kier alpha value is -1.78. The maximum atomic E-state index is 11.3. The van der Waals surface area contributed by atoms with Gasteiger partial charge in [-0.05, 0) is 44.7 Å². The maximum absolute atomic E-state index is 11.3. The number of aliphatic carboxylic acids is 1. The summed E-state index contributed by atoms with van der Waals surface area (Å²) in [5.41, 5.74) is 5.63. The quantitative estimate of drug-likeness (QED) is 0.871. The van der Waals surface area contributed by atoms with Crippen molar-refractivity contribution < 1.29 is 9.90 Å². The number of nitrogens with two attached hydrogens (primary N) is 1. The Morgan fingerprint density at radius 2 is 2.05 bits per heavy atom. The molecule has 1 aromatic rings. The normalized spacial score (nSPS) is 17.5. The number of carbonyl (C=O) groups is 1. The predicted octanol–water partition coefficient (Wildman–Crippen LogP) is 1.99. The lowest BCUT2D eigenvalue weighted by atomic mass is 9.74. The van der Waals surface area contributed by atoms with Crippen LogP contribution in [0.15, 0.2) is 18.3 Å². The molecule has 5 nitrogen and oxygen atoms in total. The number of hydrogen-bond acceptors (Lipinski definition) is 4. The van der Waals surface area contributed by atoms with Crippen LogP contribution in [0, 0.1) is 11.3 Å². The molecule has 1 fully saturated rings. The number of pyridine rings is 1. The molecule has 0 atom stereocenters. The van der Waals surface area contributed by atoms with E-state index in [0.717, 1.165) is 31.7 Å². The number of piperidine rings is 1. The molecule has 3 N–H and O–H groups in total.